The fourth-order valence-electron chi connectivity index (χ4n) is 2.27. The van der Waals surface area contributed by atoms with Crippen LogP contribution in [0.15, 0.2) is 18.2 Å². The second-order valence-corrected chi connectivity index (χ2v) is 4.82. The number of hydrogen-bond donors (Lipinski definition) is 3. The van der Waals surface area contributed by atoms with Crippen molar-refractivity contribution in [1.29, 1.82) is 0 Å². The van der Waals surface area contributed by atoms with Gasteiger partial charge in [-0.15, -0.1) is 0 Å². The van der Waals surface area contributed by atoms with Gasteiger partial charge in [0, 0.05) is 23.5 Å². The monoisotopic (exact) mass is 255 g/mol. The smallest absolute Gasteiger partial charge is 0.104 e. The summed E-state index contributed by atoms with van der Waals surface area (Å²) in [6.07, 6.45) is 0. The van der Waals surface area contributed by atoms with E-state index in [4.69, 9.17) is 0 Å². The lowest BCUT2D eigenvalue weighted by atomic mass is 10.2. The van der Waals surface area contributed by atoms with Crippen LogP contribution in [0.1, 0.15) is 22.8 Å². The van der Waals surface area contributed by atoms with E-state index < -0.39 is 0 Å². The average Bonchev–Trinajstić information content (AvgIpc) is 2.89. The number of anilines is 1. The van der Waals surface area contributed by atoms with Crippen molar-refractivity contribution in [3.63, 3.8) is 0 Å². The lowest BCUT2D eigenvalue weighted by Gasteiger charge is -2.06. The van der Waals surface area contributed by atoms with E-state index in [0.717, 1.165) is 40.5 Å². The second kappa shape index (κ2) is 4.42. The molecular weight excluding hydrogens is 238 g/mol. The summed E-state index contributed by atoms with van der Waals surface area (Å²) in [7, 11) is 0. The molecule has 5 nitrogen and oxygen atoms in total. The van der Waals surface area contributed by atoms with Crippen LogP contribution in [0, 0.1) is 20.8 Å². The molecule has 0 fully saturated rings. The summed E-state index contributed by atoms with van der Waals surface area (Å²) >= 11 is 0. The highest BCUT2D eigenvalue weighted by Gasteiger charge is 2.06. The zero-order chi connectivity index (χ0) is 13.4. The summed E-state index contributed by atoms with van der Waals surface area (Å²) in [4.78, 5) is 7.64. The van der Waals surface area contributed by atoms with E-state index in [1.165, 1.54) is 5.56 Å². The van der Waals surface area contributed by atoms with Crippen molar-refractivity contribution >= 4 is 16.7 Å². The predicted octanol–water partition coefficient (Wildman–Crippen LogP) is 2.82. The fourth-order valence-corrected chi connectivity index (χ4v) is 2.27. The number of aryl methyl sites for hydroxylation is 3. The van der Waals surface area contributed by atoms with Crippen molar-refractivity contribution < 1.29 is 0 Å². The summed E-state index contributed by atoms with van der Waals surface area (Å²) in [6.45, 7) is 6.79. The lowest BCUT2D eigenvalue weighted by molar-refractivity contribution is 1.02. The minimum Gasteiger partial charge on any atom is -0.381 e. The Kier molecular flexibility index (Phi) is 2.74. The normalized spacial score (nSPS) is 11.1. The summed E-state index contributed by atoms with van der Waals surface area (Å²) in [5, 5.41) is 10.6. The number of H-pyrrole nitrogens is 2. The zero-order valence-corrected chi connectivity index (χ0v) is 11.3. The van der Waals surface area contributed by atoms with Gasteiger partial charge >= 0.3 is 0 Å². The third kappa shape index (κ3) is 2.19. The van der Waals surface area contributed by atoms with Crippen molar-refractivity contribution in [3.05, 3.63) is 41.0 Å². The highest BCUT2D eigenvalue weighted by Crippen LogP contribution is 2.18. The Morgan fingerprint density at radius 2 is 2.05 bits per heavy atom. The van der Waals surface area contributed by atoms with E-state index in [-0.39, 0.29) is 0 Å². The number of imidazole rings is 1. The van der Waals surface area contributed by atoms with Crippen molar-refractivity contribution in [2.75, 3.05) is 5.32 Å². The molecule has 0 bridgehead atoms. The quantitative estimate of drug-likeness (QED) is 0.674. The zero-order valence-electron chi connectivity index (χ0n) is 11.3. The summed E-state index contributed by atoms with van der Waals surface area (Å²) < 4.78 is 0. The third-order valence-corrected chi connectivity index (χ3v) is 3.35. The highest BCUT2D eigenvalue weighted by atomic mass is 15.1. The van der Waals surface area contributed by atoms with E-state index in [0.29, 0.717) is 0 Å². The van der Waals surface area contributed by atoms with Gasteiger partial charge in [0.05, 0.1) is 16.7 Å². The molecule has 0 amide bonds. The second-order valence-electron chi connectivity index (χ2n) is 4.82. The molecule has 0 aliphatic heterocycles. The maximum atomic E-state index is 4.39. The molecule has 0 radical (unpaired) electrons. The van der Waals surface area contributed by atoms with Crippen LogP contribution in [0.25, 0.3) is 11.0 Å². The van der Waals surface area contributed by atoms with Crippen LogP contribution in [0.4, 0.5) is 5.69 Å². The first-order chi connectivity index (χ1) is 9.13. The number of aromatic amines is 2. The molecule has 2 heterocycles. The molecule has 3 aromatic rings. The number of nitrogens with one attached hydrogen (secondary N) is 3. The van der Waals surface area contributed by atoms with Gasteiger partial charge in [0.25, 0.3) is 0 Å². The standard InChI is InChI=1S/C14H17N5/c1-8-12(9(2)19-18-8)7-15-11-4-5-13-14(6-11)17-10(3)16-13/h4-6,15H,7H2,1-3H3,(H,16,17)(H,18,19). The Morgan fingerprint density at radius 3 is 2.79 bits per heavy atom. The van der Waals surface area contributed by atoms with Crippen LogP contribution in [0.5, 0.6) is 0 Å². The van der Waals surface area contributed by atoms with Crippen molar-refractivity contribution in [2.45, 2.75) is 27.3 Å². The number of nitrogens with zero attached hydrogens (tertiary/aromatic N) is 2. The highest BCUT2D eigenvalue weighted by molar-refractivity contribution is 5.79. The topological polar surface area (TPSA) is 69.4 Å². The maximum absolute atomic E-state index is 4.39. The van der Waals surface area contributed by atoms with Crippen LogP contribution in [0.2, 0.25) is 0 Å². The largest absolute Gasteiger partial charge is 0.381 e. The molecule has 0 unspecified atom stereocenters. The van der Waals surface area contributed by atoms with Crippen molar-refractivity contribution in [1.82, 2.24) is 20.2 Å². The van der Waals surface area contributed by atoms with Gasteiger partial charge in [-0.3, -0.25) is 5.10 Å². The van der Waals surface area contributed by atoms with E-state index in [9.17, 15) is 0 Å². The molecule has 0 aliphatic carbocycles. The van der Waals surface area contributed by atoms with Crippen LogP contribution >= 0.6 is 0 Å². The Labute approximate surface area is 111 Å². The minimum absolute atomic E-state index is 0.771. The van der Waals surface area contributed by atoms with Crippen LogP contribution in [-0.2, 0) is 6.54 Å². The van der Waals surface area contributed by atoms with Crippen LogP contribution < -0.4 is 5.32 Å². The third-order valence-electron chi connectivity index (χ3n) is 3.35. The van der Waals surface area contributed by atoms with Gasteiger partial charge in [0.1, 0.15) is 5.82 Å². The molecule has 0 atom stereocenters. The Bertz CT molecular complexity index is 703. The van der Waals surface area contributed by atoms with Gasteiger partial charge in [0.2, 0.25) is 0 Å². The molecule has 3 N–H and O–H groups in total. The van der Waals surface area contributed by atoms with Gasteiger partial charge in [-0.05, 0) is 39.0 Å². The summed E-state index contributed by atoms with van der Waals surface area (Å²) in [5.74, 6) is 0.939. The van der Waals surface area contributed by atoms with Gasteiger partial charge in [-0.25, -0.2) is 4.98 Å². The first-order valence-corrected chi connectivity index (χ1v) is 6.34. The Morgan fingerprint density at radius 1 is 1.21 bits per heavy atom. The lowest BCUT2D eigenvalue weighted by Crippen LogP contribution is -2.01. The van der Waals surface area contributed by atoms with Gasteiger partial charge in [-0.1, -0.05) is 0 Å². The summed E-state index contributed by atoms with van der Waals surface area (Å²) in [6, 6.07) is 6.16. The molecule has 2 aromatic heterocycles. The molecule has 98 valence electrons. The van der Waals surface area contributed by atoms with Crippen molar-refractivity contribution in [2.24, 2.45) is 0 Å². The first kappa shape index (κ1) is 11.8. The van der Waals surface area contributed by atoms with E-state index in [1.54, 1.807) is 0 Å². The van der Waals surface area contributed by atoms with Gasteiger partial charge in [0.15, 0.2) is 0 Å². The number of benzene rings is 1. The number of fused-ring (bicyclic) bond motifs is 1. The first-order valence-electron chi connectivity index (χ1n) is 6.34. The van der Waals surface area contributed by atoms with Crippen LogP contribution in [0.3, 0.4) is 0 Å². The SMILES string of the molecule is Cc1nc2ccc(NCc3c(C)n[nH]c3C)cc2[nH]1. The average molecular weight is 255 g/mol. The fraction of sp³-hybridized carbons (Fsp3) is 0.286. The number of rotatable bonds is 3. The molecule has 0 saturated heterocycles. The Hall–Kier alpha value is -2.30. The van der Waals surface area contributed by atoms with Gasteiger partial charge < -0.3 is 10.3 Å². The molecule has 0 saturated carbocycles. The van der Waals surface area contributed by atoms with Gasteiger partial charge in [-0.2, -0.15) is 5.10 Å². The molecule has 3 rings (SSSR count). The molecule has 19 heavy (non-hydrogen) atoms. The Balaban J connectivity index is 1.81. The minimum atomic E-state index is 0.771. The predicted molar refractivity (Wildman–Crippen MR) is 76.2 cm³/mol. The molecule has 0 spiro atoms. The molecular formula is C14H17N5. The number of aromatic nitrogens is 4. The maximum Gasteiger partial charge on any atom is 0.104 e. The van der Waals surface area contributed by atoms with Crippen LogP contribution in [-0.4, -0.2) is 20.2 Å². The van der Waals surface area contributed by atoms with E-state index in [1.807, 2.05) is 32.9 Å². The molecule has 5 heteroatoms. The molecule has 1 aromatic carbocycles. The molecule has 0 aliphatic rings. The van der Waals surface area contributed by atoms with E-state index >= 15 is 0 Å². The van der Waals surface area contributed by atoms with E-state index in [2.05, 4.69) is 31.5 Å². The van der Waals surface area contributed by atoms with Crippen molar-refractivity contribution in [3.8, 4) is 0 Å². The number of hydrogen-bond acceptors (Lipinski definition) is 3. The summed E-state index contributed by atoms with van der Waals surface area (Å²) in [5.41, 5.74) is 6.52.